The summed E-state index contributed by atoms with van der Waals surface area (Å²) < 4.78 is 0. The van der Waals surface area contributed by atoms with Crippen LogP contribution in [-0.4, -0.2) is 24.1 Å². The van der Waals surface area contributed by atoms with Crippen LogP contribution in [0.5, 0.6) is 0 Å². The van der Waals surface area contributed by atoms with Crippen molar-refractivity contribution in [2.24, 2.45) is 5.73 Å². The number of aliphatic hydroxyl groups is 1. The number of carbonyl (C=O) groups excluding carboxylic acids is 1. The number of carbonyl (C=O) groups is 1. The van der Waals surface area contributed by atoms with Crippen molar-refractivity contribution in [3.8, 4) is 0 Å². The van der Waals surface area contributed by atoms with Crippen molar-refractivity contribution in [1.82, 2.24) is 0 Å². The summed E-state index contributed by atoms with van der Waals surface area (Å²) in [5.74, 6) is -0.764. The maximum atomic E-state index is 12.1. The van der Waals surface area contributed by atoms with Crippen LogP contribution < -0.4 is 10.6 Å². The molecule has 3 N–H and O–H groups in total. The van der Waals surface area contributed by atoms with Gasteiger partial charge in [0, 0.05) is 18.8 Å². The van der Waals surface area contributed by atoms with Crippen molar-refractivity contribution in [2.75, 3.05) is 18.0 Å². The van der Waals surface area contributed by atoms with Crippen LogP contribution in [-0.2, 0) is 10.4 Å². The Balaban J connectivity index is 2.02. The molecule has 4 heteroatoms. The number of amides is 1. The van der Waals surface area contributed by atoms with Crippen molar-refractivity contribution in [3.05, 3.63) is 65.7 Å². The molecule has 0 saturated carbocycles. The summed E-state index contributed by atoms with van der Waals surface area (Å²) >= 11 is 0. The molecule has 120 valence electrons. The van der Waals surface area contributed by atoms with Crippen molar-refractivity contribution in [1.29, 1.82) is 0 Å². The summed E-state index contributed by atoms with van der Waals surface area (Å²) in [6.45, 7) is 2.01. The second-order valence-corrected chi connectivity index (χ2v) is 6.04. The maximum Gasteiger partial charge on any atom is 0.258 e. The van der Waals surface area contributed by atoms with Crippen molar-refractivity contribution in [3.63, 3.8) is 0 Å². The van der Waals surface area contributed by atoms with E-state index in [-0.39, 0.29) is 0 Å². The lowest BCUT2D eigenvalue weighted by atomic mass is 9.85. The molecule has 4 nitrogen and oxygen atoms in total. The highest BCUT2D eigenvalue weighted by Crippen LogP contribution is 2.32. The Labute approximate surface area is 136 Å². The minimum Gasteiger partial charge on any atom is -0.372 e. The largest absolute Gasteiger partial charge is 0.372 e. The molecule has 1 heterocycles. The van der Waals surface area contributed by atoms with Gasteiger partial charge < -0.3 is 15.7 Å². The SMILES string of the molecule is NC(=O)C(O)(c1ccccc1)c1cccc(N2CCCCC2)c1. The highest BCUT2D eigenvalue weighted by Gasteiger charge is 2.38. The molecule has 23 heavy (non-hydrogen) atoms. The van der Waals surface area contributed by atoms with Gasteiger partial charge in [-0.1, -0.05) is 42.5 Å². The molecule has 0 radical (unpaired) electrons. The molecule has 1 fully saturated rings. The molecule has 0 aliphatic carbocycles. The lowest BCUT2D eigenvalue weighted by Gasteiger charge is -2.31. The number of benzene rings is 2. The van der Waals surface area contributed by atoms with Crippen LogP contribution in [0.25, 0.3) is 0 Å². The second-order valence-electron chi connectivity index (χ2n) is 6.04. The minimum absolute atomic E-state index is 0.489. The average molecular weight is 310 g/mol. The molecular formula is C19H22N2O2. The summed E-state index contributed by atoms with van der Waals surface area (Å²) in [5.41, 5.74) is 5.78. The first-order valence-electron chi connectivity index (χ1n) is 8.05. The first-order chi connectivity index (χ1) is 11.1. The van der Waals surface area contributed by atoms with E-state index in [4.69, 9.17) is 5.73 Å². The summed E-state index contributed by atoms with van der Waals surface area (Å²) in [7, 11) is 0. The predicted octanol–water partition coefficient (Wildman–Crippen LogP) is 2.40. The molecule has 2 aromatic carbocycles. The van der Waals surface area contributed by atoms with Crippen LogP contribution in [0.1, 0.15) is 30.4 Å². The van der Waals surface area contributed by atoms with Crippen molar-refractivity contribution < 1.29 is 9.90 Å². The zero-order valence-electron chi connectivity index (χ0n) is 13.1. The normalized spacial score (nSPS) is 17.5. The maximum absolute atomic E-state index is 12.1. The van der Waals surface area contributed by atoms with E-state index in [0.29, 0.717) is 11.1 Å². The molecule has 0 spiro atoms. The quantitative estimate of drug-likeness (QED) is 0.911. The number of rotatable bonds is 4. The lowest BCUT2D eigenvalue weighted by Crippen LogP contribution is -2.42. The third kappa shape index (κ3) is 2.94. The number of primary amides is 1. The van der Waals surface area contributed by atoms with E-state index >= 15 is 0 Å². The Kier molecular flexibility index (Phi) is 4.35. The van der Waals surface area contributed by atoms with Gasteiger partial charge in [0.25, 0.3) is 5.91 Å². The van der Waals surface area contributed by atoms with E-state index in [1.54, 1.807) is 30.3 Å². The fraction of sp³-hybridized carbons (Fsp3) is 0.316. The van der Waals surface area contributed by atoms with E-state index < -0.39 is 11.5 Å². The molecule has 1 atom stereocenters. The summed E-state index contributed by atoms with van der Waals surface area (Å²) in [6.07, 6.45) is 3.59. The van der Waals surface area contributed by atoms with Gasteiger partial charge in [-0.05, 0) is 42.5 Å². The van der Waals surface area contributed by atoms with Gasteiger partial charge in [0.15, 0.2) is 5.60 Å². The second kappa shape index (κ2) is 6.42. The number of hydrogen-bond acceptors (Lipinski definition) is 3. The van der Waals surface area contributed by atoms with E-state index in [1.807, 2.05) is 24.3 Å². The van der Waals surface area contributed by atoms with Crippen LogP contribution in [0.4, 0.5) is 5.69 Å². The summed E-state index contributed by atoms with van der Waals surface area (Å²) in [4.78, 5) is 14.4. The Morgan fingerprint density at radius 1 is 0.957 bits per heavy atom. The van der Waals surface area contributed by atoms with Crippen LogP contribution >= 0.6 is 0 Å². The molecule has 1 aliphatic rings. The molecule has 3 rings (SSSR count). The fourth-order valence-electron chi connectivity index (χ4n) is 3.21. The van der Waals surface area contributed by atoms with Gasteiger partial charge in [-0.3, -0.25) is 4.79 Å². The molecule has 0 aromatic heterocycles. The number of nitrogens with two attached hydrogens (primary N) is 1. The molecule has 1 saturated heterocycles. The topological polar surface area (TPSA) is 66.6 Å². The first-order valence-corrected chi connectivity index (χ1v) is 8.05. The Hall–Kier alpha value is -2.33. The number of nitrogens with zero attached hydrogens (tertiary/aromatic N) is 1. The number of hydrogen-bond donors (Lipinski definition) is 2. The molecule has 1 amide bonds. The smallest absolute Gasteiger partial charge is 0.258 e. The predicted molar refractivity (Wildman–Crippen MR) is 91.1 cm³/mol. The number of piperidine rings is 1. The highest BCUT2D eigenvalue weighted by atomic mass is 16.3. The summed E-state index contributed by atoms with van der Waals surface area (Å²) in [6, 6.07) is 16.4. The monoisotopic (exact) mass is 310 g/mol. The molecule has 2 aromatic rings. The minimum atomic E-state index is -1.81. The van der Waals surface area contributed by atoms with Gasteiger partial charge in [-0.2, -0.15) is 0 Å². The Morgan fingerprint density at radius 3 is 2.26 bits per heavy atom. The zero-order valence-corrected chi connectivity index (χ0v) is 13.1. The number of anilines is 1. The lowest BCUT2D eigenvalue weighted by molar-refractivity contribution is -0.133. The standard InChI is InChI=1S/C19H22N2O2/c20-18(22)19(23,15-8-3-1-4-9-15)16-10-7-11-17(14-16)21-12-5-2-6-13-21/h1,3-4,7-11,14,23H,2,5-6,12-13H2,(H2,20,22). The van der Waals surface area contributed by atoms with Gasteiger partial charge in [0.05, 0.1) is 0 Å². The van der Waals surface area contributed by atoms with Crippen molar-refractivity contribution in [2.45, 2.75) is 24.9 Å². The van der Waals surface area contributed by atoms with E-state index in [2.05, 4.69) is 4.90 Å². The third-order valence-corrected chi connectivity index (χ3v) is 4.53. The first kappa shape index (κ1) is 15.6. The summed E-state index contributed by atoms with van der Waals surface area (Å²) in [5, 5.41) is 11.1. The van der Waals surface area contributed by atoms with Gasteiger partial charge >= 0.3 is 0 Å². The fourth-order valence-corrected chi connectivity index (χ4v) is 3.21. The van der Waals surface area contributed by atoms with E-state index in [0.717, 1.165) is 18.8 Å². The van der Waals surface area contributed by atoms with Crippen LogP contribution in [0, 0.1) is 0 Å². The van der Waals surface area contributed by atoms with E-state index in [1.165, 1.54) is 19.3 Å². The Morgan fingerprint density at radius 2 is 1.61 bits per heavy atom. The molecular weight excluding hydrogens is 288 g/mol. The highest BCUT2D eigenvalue weighted by molar-refractivity contribution is 5.89. The van der Waals surface area contributed by atoms with Gasteiger partial charge in [0.2, 0.25) is 0 Å². The van der Waals surface area contributed by atoms with Gasteiger partial charge in [0.1, 0.15) is 0 Å². The van der Waals surface area contributed by atoms with Crippen molar-refractivity contribution >= 4 is 11.6 Å². The van der Waals surface area contributed by atoms with Crippen LogP contribution in [0.15, 0.2) is 54.6 Å². The van der Waals surface area contributed by atoms with Crippen LogP contribution in [0.3, 0.4) is 0 Å². The molecule has 1 aliphatic heterocycles. The van der Waals surface area contributed by atoms with Gasteiger partial charge in [-0.15, -0.1) is 0 Å². The Bertz CT molecular complexity index is 681. The van der Waals surface area contributed by atoms with E-state index in [9.17, 15) is 9.90 Å². The van der Waals surface area contributed by atoms with Gasteiger partial charge in [-0.25, -0.2) is 0 Å². The molecule has 0 bridgehead atoms. The average Bonchev–Trinajstić information content (AvgIpc) is 2.62. The van der Waals surface area contributed by atoms with Crippen LogP contribution in [0.2, 0.25) is 0 Å². The third-order valence-electron chi connectivity index (χ3n) is 4.53. The zero-order chi connectivity index (χ0) is 16.3. The molecule has 1 unspecified atom stereocenters.